The predicted molar refractivity (Wildman–Crippen MR) is 188 cm³/mol. The number of halogens is 3. The molecular formula is C40H43F3N4O5. The first kappa shape index (κ1) is 37.1. The zero-order chi connectivity index (χ0) is 36.7. The number of nitrogens with one attached hydrogen (secondary N) is 1. The van der Waals surface area contributed by atoms with Gasteiger partial charge in [0.05, 0.1) is 18.8 Å². The Labute approximate surface area is 301 Å². The summed E-state index contributed by atoms with van der Waals surface area (Å²) in [6.45, 7) is 1.46. The molecule has 1 aromatic heterocycles. The number of pyridine rings is 1. The number of nitrogens with zero attached hydrogens (tertiary/aromatic N) is 3. The molecule has 0 saturated carbocycles. The van der Waals surface area contributed by atoms with E-state index in [1.807, 2.05) is 91.0 Å². The number of aliphatic hydroxyl groups excluding tert-OH is 1. The van der Waals surface area contributed by atoms with Gasteiger partial charge >= 0.3 is 12.1 Å². The summed E-state index contributed by atoms with van der Waals surface area (Å²) in [6, 6.07) is 28.0. The van der Waals surface area contributed by atoms with E-state index in [1.165, 1.54) is 0 Å². The van der Waals surface area contributed by atoms with E-state index in [1.54, 1.807) is 6.20 Å². The molecule has 0 aliphatic carbocycles. The highest BCUT2D eigenvalue weighted by atomic mass is 19.4. The lowest BCUT2D eigenvalue weighted by molar-refractivity contribution is -0.252. The second-order valence-corrected chi connectivity index (χ2v) is 13.4. The zero-order valence-electron chi connectivity index (χ0n) is 29.0. The monoisotopic (exact) mass is 716 g/mol. The van der Waals surface area contributed by atoms with Gasteiger partial charge in [0, 0.05) is 56.5 Å². The van der Waals surface area contributed by atoms with Crippen LogP contribution in [-0.2, 0) is 38.6 Å². The molecule has 3 aromatic carbocycles. The summed E-state index contributed by atoms with van der Waals surface area (Å²) in [5, 5.41) is 12.3. The molecule has 9 nitrogen and oxygen atoms in total. The third-order valence-electron chi connectivity index (χ3n) is 9.55. The highest BCUT2D eigenvalue weighted by Crippen LogP contribution is 2.39. The van der Waals surface area contributed by atoms with Crippen LogP contribution in [0, 0.1) is 0 Å². The highest BCUT2D eigenvalue weighted by molar-refractivity contribution is 5.90. The Balaban J connectivity index is 1.15. The van der Waals surface area contributed by atoms with Crippen LogP contribution in [0.2, 0.25) is 0 Å². The summed E-state index contributed by atoms with van der Waals surface area (Å²) in [7, 11) is 2.07. The number of benzene rings is 3. The lowest BCUT2D eigenvalue weighted by Gasteiger charge is -2.38. The number of aromatic nitrogens is 1. The number of rotatable bonds is 12. The maximum absolute atomic E-state index is 13.1. The van der Waals surface area contributed by atoms with Crippen molar-refractivity contribution < 1.29 is 37.3 Å². The van der Waals surface area contributed by atoms with E-state index in [-0.39, 0.29) is 38.3 Å². The van der Waals surface area contributed by atoms with Gasteiger partial charge < -0.3 is 29.7 Å². The van der Waals surface area contributed by atoms with Gasteiger partial charge in [0.2, 0.25) is 5.91 Å². The lowest BCUT2D eigenvalue weighted by Crippen LogP contribution is -2.50. The van der Waals surface area contributed by atoms with E-state index in [0.717, 1.165) is 52.0 Å². The van der Waals surface area contributed by atoms with Crippen LogP contribution in [0.3, 0.4) is 0 Å². The van der Waals surface area contributed by atoms with Crippen molar-refractivity contribution in [1.29, 1.82) is 0 Å². The molecule has 2 fully saturated rings. The second-order valence-electron chi connectivity index (χ2n) is 13.4. The van der Waals surface area contributed by atoms with Gasteiger partial charge in [-0.1, -0.05) is 66.7 Å². The van der Waals surface area contributed by atoms with E-state index in [9.17, 15) is 27.9 Å². The third-order valence-corrected chi connectivity index (χ3v) is 9.55. The van der Waals surface area contributed by atoms with Gasteiger partial charge in [0.15, 0.2) is 6.29 Å². The summed E-state index contributed by atoms with van der Waals surface area (Å²) in [4.78, 5) is 32.0. The summed E-state index contributed by atoms with van der Waals surface area (Å²) in [5.74, 6) is -2.59. The second kappa shape index (κ2) is 16.8. The number of aliphatic hydroxyl groups is 1. The Kier molecular flexibility index (Phi) is 12.0. The molecule has 4 aromatic rings. The van der Waals surface area contributed by atoms with Gasteiger partial charge in [-0.05, 0) is 72.0 Å². The highest BCUT2D eigenvalue weighted by Gasteiger charge is 2.47. The van der Waals surface area contributed by atoms with Crippen LogP contribution in [0.1, 0.15) is 59.6 Å². The maximum Gasteiger partial charge on any atom is 0.471 e. The maximum atomic E-state index is 13.1. The van der Waals surface area contributed by atoms with Crippen LogP contribution in [0.5, 0.6) is 0 Å². The summed E-state index contributed by atoms with van der Waals surface area (Å²) < 4.78 is 52.4. The Hall–Kier alpha value is -4.62. The molecule has 274 valence electrons. The Bertz CT molecular complexity index is 1810. The molecule has 12 heteroatoms. The first-order valence-corrected chi connectivity index (χ1v) is 17.5. The van der Waals surface area contributed by atoms with Crippen LogP contribution in [0.4, 0.5) is 13.2 Å². The van der Waals surface area contributed by atoms with Crippen LogP contribution < -0.4 is 5.32 Å². The molecule has 2 saturated heterocycles. The normalized spacial score (nSPS) is 20.6. The molecule has 2 N–H and O–H groups in total. The smallest absolute Gasteiger partial charge is 0.392 e. The first-order valence-electron chi connectivity index (χ1n) is 17.5. The number of ether oxygens (including phenoxy) is 2. The summed E-state index contributed by atoms with van der Waals surface area (Å²) >= 11 is 0. The van der Waals surface area contributed by atoms with Gasteiger partial charge in [-0.15, -0.1) is 0 Å². The molecule has 6 rings (SSSR count). The molecule has 4 unspecified atom stereocenters. The molecule has 2 amide bonds. The molecule has 52 heavy (non-hydrogen) atoms. The fourth-order valence-electron chi connectivity index (χ4n) is 6.80. The van der Waals surface area contributed by atoms with Crippen molar-refractivity contribution in [2.45, 2.75) is 69.6 Å². The molecule has 2 aliphatic heterocycles. The first-order chi connectivity index (χ1) is 25.1. The van der Waals surface area contributed by atoms with E-state index >= 15 is 0 Å². The summed E-state index contributed by atoms with van der Waals surface area (Å²) in [6.07, 6.45) is -2.26. The van der Waals surface area contributed by atoms with Crippen LogP contribution >= 0.6 is 0 Å². The molecule has 0 radical (unpaired) electrons. The number of likely N-dealkylation sites (tertiary alicyclic amines) is 1. The van der Waals surface area contributed by atoms with Crippen LogP contribution in [0.15, 0.2) is 97.2 Å². The third kappa shape index (κ3) is 9.43. The van der Waals surface area contributed by atoms with Gasteiger partial charge in [0.1, 0.15) is 6.04 Å². The van der Waals surface area contributed by atoms with Gasteiger partial charge in [-0.3, -0.25) is 14.6 Å². The minimum atomic E-state index is -5.02. The standard InChI is InChI=1S/C40H43F3N4O5/c1-46(20-17-33-11-2-3-18-44-33)25-34-23-36(29-15-13-27(26-48)14-16-29)52-38(51-34)32-10-5-9-31(22-32)30-8-4-7-28(21-30)24-45-37(49)35-12-6-19-47(35)39(50)40(41,42)43/h2-5,7-11,13-16,18,21-22,34-36,38,48H,6,12,17,19-20,23-26H2,1H3,(H,45,49). The zero-order valence-corrected chi connectivity index (χ0v) is 29.0. The Morgan fingerprint density at radius 2 is 1.71 bits per heavy atom. The van der Waals surface area contributed by atoms with Crippen molar-refractivity contribution in [3.8, 4) is 11.1 Å². The lowest BCUT2D eigenvalue weighted by atomic mass is 9.98. The Morgan fingerprint density at radius 3 is 2.44 bits per heavy atom. The SMILES string of the molecule is CN(CCc1ccccn1)CC1CC(c2ccc(CO)cc2)OC(c2cccc(-c3cccc(CNC(=O)C4CCCN4C(=O)C(F)(F)F)c3)c2)O1. The quantitative estimate of drug-likeness (QED) is 0.182. The number of hydrogen-bond donors (Lipinski definition) is 2. The molecule has 0 bridgehead atoms. The average Bonchev–Trinajstić information content (AvgIpc) is 3.66. The minimum Gasteiger partial charge on any atom is -0.392 e. The van der Waals surface area contributed by atoms with E-state index in [2.05, 4.69) is 22.2 Å². The van der Waals surface area contributed by atoms with Crippen LogP contribution in [0.25, 0.3) is 11.1 Å². The predicted octanol–water partition coefficient (Wildman–Crippen LogP) is 6.13. The van der Waals surface area contributed by atoms with Crippen molar-refractivity contribution in [1.82, 2.24) is 20.1 Å². The fourth-order valence-corrected chi connectivity index (χ4v) is 6.80. The van der Waals surface area contributed by atoms with Gasteiger partial charge in [-0.25, -0.2) is 0 Å². The van der Waals surface area contributed by atoms with Gasteiger partial charge in [0.25, 0.3) is 0 Å². The molecular weight excluding hydrogens is 673 g/mol. The topological polar surface area (TPSA) is 104 Å². The molecule has 2 aliphatic rings. The van der Waals surface area contributed by atoms with Crippen molar-refractivity contribution in [3.63, 3.8) is 0 Å². The number of amides is 2. The van der Waals surface area contributed by atoms with E-state index in [0.29, 0.717) is 24.3 Å². The van der Waals surface area contributed by atoms with Crippen molar-refractivity contribution >= 4 is 11.8 Å². The van der Waals surface area contributed by atoms with E-state index in [4.69, 9.17) is 9.47 Å². The molecule has 4 atom stereocenters. The number of likely N-dealkylation sites (N-methyl/N-ethyl adjacent to an activating group) is 1. The largest absolute Gasteiger partial charge is 0.471 e. The van der Waals surface area contributed by atoms with Crippen LogP contribution in [-0.4, -0.2) is 76.7 Å². The molecule has 0 spiro atoms. The van der Waals surface area contributed by atoms with E-state index < -0.39 is 30.3 Å². The molecule has 3 heterocycles. The van der Waals surface area contributed by atoms with Crippen molar-refractivity contribution in [2.75, 3.05) is 26.7 Å². The minimum absolute atomic E-state index is 0.0380. The number of hydrogen-bond acceptors (Lipinski definition) is 7. The number of carbonyl (C=O) groups is 2. The fraction of sp³-hybridized carbons (Fsp3) is 0.375. The number of alkyl halides is 3. The van der Waals surface area contributed by atoms with Crippen molar-refractivity contribution in [3.05, 3.63) is 125 Å². The summed E-state index contributed by atoms with van der Waals surface area (Å²) in [5.41, 5.74) is 6.22. The average molecular weight is 717 g/mol. The van der Waals surface area contributed by atoms with Crippen molar-refractivity contribution in [2.24, 2.45) is 0 Å². The Morgan fingerprint density at radius 1 is 0.942 bits per heavy atom. The van der Waals surface area contributed by atoms with Gasteiger partial charge in [-0.2, -0.15) is 13.2 Å². The number of carbonyl (C=O) groups excluding carboxylic acids is 2.